The predicted octanol–water partition coefficient (Wildman–Crippen LogP) is 2.44. The first-order valence-electron chi connectivity index (χ1n) is 10.6. The van der Waals surface area contributed by atoms with Crippen molar-refractivity contribution in [2.75, 3.05) is 6.54 Å². The normalized spacial score (nSPS) is 16.6. The number of fused-ring (bicyclic) bond motifs is 2. The molecular formula is C24H28N4O2. The first kappa shape index (κ1) is 20.2. The second-order valence-electron chi connectivity index (χ2n) is 7.82. The average molecular weight is 405 g/mol. The molecule has 2 amide bonds. The quantitative estimate of drug-likeness (QED) is 0.488. The van der Waals surface area contributed by atoms with Crippen LogP contribution in [0.4, 0.5) is 0 Å². The van der Waals surface area contributed by atoms with Crippen LogP contribution in [0.2, 0.25) is 0 Å². The number of rotatable bonds is 7. The fourth-order valence-electron chi connectivity index (χ4n) is 4.01. The standard InChI is InChI=1S/C24H28N4O2/c1-2-11-25-23(29)22(13-18-15-26-20-10-6-5-9-19(18)20)28-24(30)21-12-16-7-3-4-8-17(16)14-27-21/h3-10,15,21-22,26-27H,2,11-14H2,1H3,(H,25,29)(H,28,30). The number of aromatic amines is 1. The number of aromatic nitrogens is 1. The minimum atomic E-state index is -0.623. The fourth-order valence-corrected chi connectivity index (χ4v) is 4.01. The van der Waals surface area contributed by atoms with Gasteiger partial charge in [0, 0.05) is 36.6 Å². The molecule has 0 radical (unpaired) electrons. The Bertz CT molecular complexity index is 1040. The van der Waals surface area contributed by atoms with Gasteiger partial charge in [-0.25, -0.2) is 0 Å². The lowest BCUT2D eigenvalue weighted by Gasteiger charge is -2.27. The van der Waals surface area contributed by atoms with E-state index < -0.39 is 6.04 Å². The van der Waals surface area contributed by atoms with Crippen molar-refractivity contribution in [2.45, 2.75) is 44.8 Å². The monoisotopic (exact) mass is 404 g/mol. The molecule has 6 heteroatoms. The lowest BCUT2D eigenvalue weighted by molar-refractivity contribution is -0.130. The van der Waals surface area contributed by atoms with Crippen LogP contribution >= 0.6 is 0 Å². The van der Waals surface area contributed by atoms with E-state index in [0.29, 0.717) is 25.9 Å². The molecule has 2 aromatic carbocycles. The van der Waals surface area contributed by atoms with Crippen molar-refractivity contribution < 1.29 is 9.59 Å². The first-order chi connectivity index (χ1) is 14.7. The van der Waals surface area contributed by atoms with Crippen LogP contribution in [-0.4, -0.2) is 35.4 Å². The van der Waals surface area contributed by atoms with Crippen molar-refractivity contribution in [3.63, 3.8) is 0 Å². The Balaban J connectivity index is 1.50. The molecule has 0 fully saturated rings. The predicted molar refractivity (Wildman–Crippen MR) is 118 cm³/mol. The van der Waals surface area contributed by atoms with Gasteiger partial charge >= 0.3 is 0 Å². The van der Waals surface area contributed by atoms with Crippen LogP contribution < -0.4 is 16.0 Å². The molecule has 0 spiro atoms. The Morgan fingerprint density at radius 2 is 1.87 bits per heavy atom. The van der Waals surface area contributed by atoms with E-state index in [-0.39, 0.29) is 17.9 Å². The third kappa shape index (κ3) is 4.39. The SMILES string of the molecule is CCCNC(=O)C(Cc1c[nH]c2ccccc12)NC(=O)C1Cc2ccccc2CN1. The number of hydrogen-bond acceptors (Lipinski definition) is 3. The van der Waals surface area contributed by atoms with Crippen molar-refractivity contribution in [1.29, 1.82) is 0 Å². The van der Waals surface area contributed by atoms with Crippen LogP contribution in [0.1, 0.15) is 30.0 Å². The summed E-state index contributed by atoms with van der Waals surface area (Å²) in [5.41, 5.74) is 4.44. The number of hydrogen-bond donors (Lipinski definition) is 4. The lowest BCUT2D eigenvalue weighted by Crippen LogP contribution is -2.55. The van der Waals surface area contributed by atoms with E-state index in [1.807, 2.05) is 49.5 Å². The van der Waals surface area contributed by atoms with Gasteiger partial charge in [0.05, 0.1) is 6.04 Å². The van der Waals surface area contributed by atoms with E-state index in [0.717, 1.165) is 22.9 Å². The molecule has 2 unspecified atom stereocenters. The molecule has 4 N–H and O–H groups in total. The third-order valence-electron chi connectivity index (χ3n) is 5.68. The number of carbonyl (C=O) groups is 2. The van der Waals surface area contributed by atoms with Crippen molar-refractivity contribution in [2.24, 2.45) is 0 Å². The molecule has 0 saturated heterocycles. The Morgan fingerprint density at radius 1 is 1.10 bits per heavy atom. The molecule has 0 bridgehead atoms. The second kappa shape index (κ2) is 9.13. The fraction of sp³-hybridized carbons (Fsp3) is 0.333. The maximum absolute atomic E-state index is 13.0. The van der Waals surface area contributed by atoms with Crippen LogP contribution in [0, 0.1) is 0 Å². The number of amides is 2. The van der Waals surface area contributed by atoms with Gasteiger partial charge in [0.1, 0.15) is 6.04 Å². The van der Waals surface area contributed by atoms with Gasteiger partial charge in [-0.2, -0.15) is 0 Å². The summed E-state index contributed by atoms with van der Waals surface area (Å²) in [6.45, 7) is 3.26. The third-order valence-corrected chi connectivity index (χ3v) is 5.68. The molecule has 30 heavy (non-hydrogen) atoms. The van der Waals surface area contributed by atoms with Crippen LogP contribution in [0.3, 0.4) is 0 Å². The summed E-state index contributed by atoms with van der Waals surface area (Å²) in [5.74, 6) is -0.285. The van der Waals surface area contributed by atoms with Crippen LogP contribution in [0.5, 0.6) is 0 Å². The first-order valence-corrected chi connectivity index (χ1v) is 10.6. The van der Waals surface area contributed by atoms with Crippen LogP contribution in [0.25, 0.3) is 10.9 Å². The molecule has 0 aliphatic carbocycles. The average Bonchev–Trinajstić information content (AvgIpc) is 3.19. The summed E-state index contributed by atoms with van der Waals surface area (Å²) in [6, 6.07) is 15.2. The van der Waals surface area contributed by atoms with E-state index in [9.17, 15) is 9.59 Å². The van der Waals surface area contributed by atoms with Gasteiger partial charge in [0.25, 0.3) is 0 Å². The van der Waals surface area contributed by atoms with Crippen LogP contribution in [0.15, 0.2) is 54.7 Å². The number of H-pyrrole nitrogens is 1. The summed E-state index contributed by atoms with van der Waals surface area (Å²) < 4.78 is 0. The highest BCUT2D eigenvalue weighted by atomic mass is 16.2. The molecule has 0 saturated carbocycles. The zero-order chi connectivity index (χ0) is 20.9. The van der Waals surface area contributed by atoms with Gasteiger partial charge in [0.2, 0.25) is 11.8 Å². The largest absolute Gasteiger partial charge is 0.361 e. The molecule has 1 aliphatic heterocycles. The lowest BCUT2D eigenvalue weighted by atomic mass is 9.95. The molecule has 3 aromatic rings. The van der Waals surface area contributed by atoms with Crippen molar-refractivity contribution in [3.05, 3.63) is 71.4 Å². The highest BCUT2D eigenvalue weighted by molar-refractivity contribution is 5.91. The number of para-hydroxylation sites is 1. The Morgan fingerprint density at radius 3 is 2.70 bits per heavy atom. The summed E-state index contributed by atoms with van der Waals surface area (Å²) in [7, 11) is 0. The molecule has 1 aliphatic rings. The van der Waals surface area contributed by atoms with Gasteiger partial charge in [-0.1, -0.05) is 49.4 Å². The number of carbonyl (C=O) groups excluding carboxylic acids is 2. The molecular weight excluding hydrogens is 376 g/mol. The summed E-state index contributed by atoms with van der Waals surface area (Å²) in [5, 5.41) is 10.3. The smallest absolute Gasteiger partial charge is 0.242 e. The van der Waals surface area contributed by atoms with Gasteiger partial charge in [0.15, 0.2) is 0 Å². The maximum atomic E-state index is 13.0. The van der Waals surface area contributed by atoms with E-state index in [4.69, 9.17) is 0 Å². The van der Waals surface area contributed by atoms with Crippen LogP contribution in [-0.2, 0) is 29.0 Å². The highest BCUT2D eigenvalue weighted by Crippen LogP contribution is 2.20. The Labute approximate surface area is 176 Å². The Hall–Kier alpha value is -3.12. The molecule has 4 rings (SSSR count). The zero-order valence-electron chi connectivity index (χ0n) is 17.2. The zero-order valence-corrected chi connectivity index (χ0v) is 17.2. The van der Waals surface area contributed by atoms with E-state index >= 15 is 0 Å². The minimum absolute atomic E-state index is 0.138. The topological polar surface area (TPSA) is 86.0 Å². The van der Waals surface area contributed by atoms with Crippen molar-refractivity contribution in [3.8, 4) is 0 Å². The second-order valence-corrected chi connectivity index (χ2v) is 7.82. The van der Waals surface area contributed by atoms with Crippen molar-refractivity contribution >= 4 is 22.7 Å². The van der Waals surface area contributed by atoms with Gasteiger partial charge in [-0.15, -0.1) is 0 Å². The molecule has 6 nitrogen and oxygen atoms in total. The Kier molecular flexibility index (Phi) is 6.14. The number of nitrogens with one attached hydrogen (secondary N) is 4. The molecule has 1 aromatic heterocycles. The summed E-state index contributed by atoms with van der Waals surface area (Å²) in [6.07, 6.45) is 3.83. The van der Waals surface area contributed by atoms with Gasteiger partial charge in [-0.05, 0) is 35.6 Å². The minimum Gasteiger partial charge on any atom is -0.361 e. The van der Waals surface area contributed by atoms with Gasteiger partial charge < -0.3 is 20.9 Å². The molecule has 2 heterocycles. The molecule has 156 valence electrons. The molecule has 2 atom stereocenters. The van der Waals surface area contributed by atoms with Gasteiger partial charge in [-0.3, -0.25) is 9.59 Å². The van der Waals surface area contributed by atoms with Crippen molar-refractivity contribution in [1.82, 2.24) is 20.9 Å². The summed E-state index contributed by atoms with van der Waals surface area (Å²) >= 11 is 0. The number of benzene rings is 2. The van der Waals surface area contributed by atoms with E-state index in [1.54, 1.807) is 0 Å². The van der Waals surface area contributed by atoms with E-state index in [2.05, 4.69) is 33.1 Å². The van der Waals surface area contributed by atoms with E-state index in [1.165, 1.54) is 11.1 Å². The highest BCUT2D eigenvalue weighted by Gasteiger charge is 2.28. The summed E-state index contributed by atoms with van der Waals surface area (Å²) in [4.78, 5) is 29.1. The maximum Gasteiger partial charge on any atom is 0.242 e.